The Hall–Kier alpha value is -1.62. The molecule has 0 spiro atoms. The minimum atomic E-state index is -0.942. The van der Waals surface area contributed by atoms with E-state index >= 15 is 0 Å². The standard InChI is InChI=1S/C13H20N2O3/c1-3-4-6-18-7-5-14-12-9-11(13(16)17)8-10(2)15-12/h8-9H,3-7H2,1-2H3,(H,14,15)(H,16,17). The number of carboxylic acids is 1. The van der Waals surface area contributed by atoms with Crippen molar-refractivity contribution in [2.24, 2.45) is 0 Å². The summed E-state index contributed by atoms with van der Waals surface area (Å²) in [6, 6.07) is 3.08. The molecule has 2 N–H and O–H groups in total. The van der Waals surface area contributed by atoms with E-state index in [-0.39, 0.29) is 5.56 Å². The van der Waals surface area contributed by atoms with Crippen molar-refractivity contribution in [2.75, 3.05) is 25.1 Å². The zero-order valence-corrected chi connectivity index (χ0v) is 10.9. The summed E-state index contributed by atoms with van der Waals surface area (Å²) in [7, 11) is 0. The van der Waals surface area contributed by atoms with E-state index in [2.05, 4.69) is 17.2 Å². The van der Waals surface area contributed by atoms with E-state index in [9.17, 15) is 4.79 Å². The van der Waals surface area contributed by atoms with Crippen LogP contribution in [0.15, 0.2) is 12.1 Å². The highest BCUT2D eigenvalue weighted by Gasteiger charge is 2.06. The number of unbranched alkanes of at least 4 members (excludes halogenated alkanes) is 1. The summed E-state index contributed by atoms with van der Waals surface area (Å²) < 4.78 is 5.40. The number of hydrogen-bond acceptors (Lipinski definition) is 4. The molecule has 0 fully saturated rings. The van der Waals surface area contributed by atoms with Gasteiger partial charge >= 0.3 is 5.97 Å². The smallest absolute Gasteiger partial charge is 0.335 e. The van der Waals surface area contributed by atoms with Gasteiger partial charge in [0, 0.05) is 18.8 Å². The highest BCUT2D eigenvalue weighted by Crippen LogP contribution is 2.09. The van der Waals surface area contributed by atoms with Gasteiger partial charge in [0.15, 0.2) is 0 Å². The van der Waals surface area contributed by atoms with Crippen LogP contribution in [0.5, 0.6) is 0 Å². The normalized spacial score (nSPS) is 10.3. The van der Waals surface area contributed by atoms with Crippen molar-refractivity contribution in [3.63, 3.8) is 0 Å². The van der Waals surface area contributed by atoms with Gasteiger partial charge in [-0.25, -0.2) is 9.78 Å². The Morgan fingerprint density at radius 1 is 1.44 bits per heavy atom. The van der Waals surface area contributed by atoms with Crippen molar-refractivity contribution in [3.8, 4) is 0 Å². The van der Waals surface area contributed by atoms with E-state index in [1.54, 1.807) is 13.0 Å². The van der Waals surface area contributed by atoms with E-state index in [4.69, 9.17) is 9.84 Å². The number of aromatic nitrogens is 1. The second-order valence-electron chi connectivity index (χ2n) is 4.08. The molecule has 1 aromatic rings. The van der Waals surface area contributed by atoms with Gasteiger partial charge in [-0.3, -0.25) is 0 Å². The van der Waals surface area contributed by atoms with Gasteiger partial charge in [-0.05, 0) is 25.5 Å². The Morgan fingerprint density at radius 2 is 2.22 bits per heavy atom. The monoisotopic (exact) mass is 252 g/mol. The van der Waals surface area contributed by atoms with Crippen LogP contribution in [0.2, 0.25) is 0 Å². The Balaban J connectivity index is 2.40. The summed E-state index contributed by atoms with van der Waals surface area (Å²) in [5, 5.41) is 12.0. The van der Waals surface area contributed by atoms with Crippen LogP contribution in [0.4, 0.5) is 5.82 Å². The van der Waals surface area contributed by atoms with Crippen LogP contribution in [0, 0.1) is 6.92 Å². The molecule has 5 nitrogen and oxygen atoms in total. The average molecular weight is 252 g/mol. The van der Waals surface area contributed by atoms with Gasteiger partial charge in [-0.15, -0.1) is 0 Å². The van der Waals surface area contributed by atoms with Gasteiger partial charge in [0.25, 0.3) is 0 Å². The Kier molecular flexibility index (Phi) is 6.14. The summed E-state index contributed by atoms with van der Waals surface area (Å²) in [6.45, 7) is 5.87. The molecule has 18 heavy (non-hydrogen) atoms. The lowest BCUT2D eigenvalue weighted by molar-refractivity contribution is 0.0696. The molecule has 1 aromatic heterocycles. The topological polar surface area (TPSA) is 71.5 Å². The minimum absolute atomic E-state index is 0.247. The molecule has 0 amide bonds. The first-order valence-corrected chi connectivity index (χ1v) is 6.17. The van der Waals surface area contributed by atoms with E-state index < -0.39 is 5.97 Å². The molecule has 0 aliphatic rings. The number of aryl methyl sites for hydroxylation is 1. The molecular formula is C13H20N2O3. The van der Waals surface area contributed by atoms with Gasteiger partial charge in [-0.2, -0.15) is 0 Å². The van der Waals surface area contributed by atoms with Gasteiger partial charge in [0.1, 0.15) is 5.82 Å². The highest BCUT2D eigenvalue weighted by molar-refractivity contribution is 5.88. The Bertz CT molecular complexity index is 394. The lowest BCUT2D eigenvalue weighted by Gasteiger charge is -2.08. The number of aromatic carboxylic acids is 1. The van der Waals surface area contributed by atoms with Crippen molar-refractivity contribution in [1.82, 2.24) is 4.98 Å². The molecule has 100 valence electrons. The fourth-order valence-corrected chi connectivity index (χ4v) is 1.48. The largest absolute Gasteiger partial charge is 0.478 e. The molecule has 0 saturated heterocycles. The lowest BCUT2D eigenvalue weighted by Crippen LogP contribution is -2.12. The number of ether oxygens (including phenoxy) is 1. The third kappa shape index (κ3) is 5.14. The molecule has 0 saturated carbocycles. The predicted octanol–water partition coefficient (Wildman–Crippen LogP) is 2.32. The number of carboxylic acid groups (broad SMARTS) is 1. The second-order valence-corrected chi connectivity index (χ2v) is 4.08. The molecule has 0 atom stereocenters. The van der Waals surface area contributed by atoms with Crippen LogP contribution < -0.4 is 5.32 Å². The zero-order chi connectivity index (χ0) is 13.4. The number of carbonyl (C=O) groups is 1. The van der Waals surface area contributed by atoms with Crippen molar-refractivity contribution in [2.45, 2.75) is 26.7 Å². The van der Waals surface area contributed by atoms with Crippen molar-refractivity contribution >= 4 is 11.8 Å². The summed E-state index contributed by atoms with van der Waals surface area (Å²) in [5.74, 6) is -0.366. The van der Waals surface area contributed by atoms with E-state index in [1.807, 2.05) is 0 Å². The van der Waals surface area contributed by atoms with Gasteiger partial charge in [0.05, 0.1) is 12.2 Å². The van der Waals surface area contributed by atoms with Crippen LogP contribution in [0.1, 0.15) is 35.8 Å². The summed E-state index contributed by atoms with van der Waals surface area (Å²) in [5.41, 5.74) is 0.932. The van der Waals surface area contributed by atoms with Gasteiger partial charge in [0.2, 0.25) is 0 Å². The highest BCUT2D eigenvalue weighted by atomic mass is 16.5. The SMILES string of the molecule is CCCCOCCNc1cc(C(=O)O)cc(C)n1. The molecule has 1 rings (SSSR count). The van der Waals surface area contributed by atoms with Crippen LogP contribution >= 0.6 is 0 Å². The number of nitrogens with one attached hydrogen (secondary N) is 1. The molecule has 0 aliphatic heterocycles. The molecule has 0 radical (unpaired) electrons. The number of hydrogen-bond donors (Lipinski definition) is 2. The maximum Gasteiger partial charge on any atom is 0.335 e. The van der Waals surface area contributed by atoms with Crippen molar-refractivity contribution in [3.05, 3.63) is 23.4 Å². The number of anilines is 1. The first kappa shape index (κ1) is 14.4. The fraction of sp³-hybridized carbons (Fsp3) is 0.538. The molecule has 5 heteroatoms. The lowest BCUT2D eigenvalue weighted by atomic mass is 10.2. The van der Waals surface area contributed by atoms with Crippen LogP contribution in [0.3, 0.4) is 0 Å². The van der Waals surface area contributed by atoms with E-state index in [0.29, 0.717) is 24.7 Å². The second kappa shape index (κ2) is 7.66. The number of nitrogens with zero attached hydrogens (tertiary/aromatic N) is 1. The maximum atomic E-state index is 10.9. The fourth-order valence-electron chi connectivity index (χ4n) is 1.48. The third-order valence-electron chi connectivity index (χ3n) is 2.40. The Labute approximate surface area is 107 Å². The van der Waals surface area contributed by atoms with Crippen molar-refractivity contribution in [1.29, 1.82) is 0 Å². The third-order valence-corrected chi connectivity index (χ3v) is 2.40. The van der Waals surface area contributed by atoms with Gasteiger partial charge < -0.3 is 15.2 Å². The quantitative estimate of drug-likeness (QED) is 0.695. The molecule has 0 unspecified atom stereocenters. The molecular weight excluding hydrogens is 232 g/mol. The Morgan fingerprint density at radius 3 is 2.89 bits per heavy atom. The number of pyridine rings is 1. The first-order chi connectivity index (χ1) is 8.63. The van der Waals surface area contributed by atoms with Crippen LogP contribution in [-0.4, -0.2) is 35.8 Å². The molecule has 1 heterocycles. The summed E-state index contributed by atoms with van der Waals surface area (Å²) in [4.78, 5) is 15.1. The first-order valence-electron chi connectivity index (χ1n) is 6.17. The van der Waals surface area contributed by atoms with E-state index in [0.717, 1.165) is 19.4 Å². The van der Waals surface area contributed by atoms with Crippen LogP contribution in [0.25, 0.3) is 0 Å². The summed E-state index contributed by atoms with van der Waals surface area (Å²) in [6.07, 6.45) is 2.18. The molecule has 0 aromatic carbocycles. The summed E-state index contributed by atoms with van der Waals surface area (Å²) >= 11 is 0. The minimum Gasteiger partial charge on any atom is -0.478 e. The molecule has 0 aliphatic carbocycles. The molecule has 0 bridgehead atoms. The van der Waals surface area contributed by atoms with Crippen molar-refractivity contribution < 1.29 is 14.6 Å². The maximum absolute atomic E-state index is 10.9. The van der Waals surface area contributed by atoms with Crippen LogP contribution in [-0.2, 0) is 4.74 Å². The van der Waals surface area contributed by atoms with E-state index in [1.165, 1.54) is 6.07 Å². The number of rotatable bonds is 8. The van der Waals surface area contributed by atoms with Gasteiger partial charge in [-0.1, -0.05) is 13.3 Å². The predicted molar refractivity (Wildman–Crippen MR) is 70.2 cm³/mol. The zero-order valence-electron chi connectivity index (χ0n) is 10.9. The average Bonchev–Trinajstić information content (AvgIpc) is 2.33.